The van der Waals surface area contributed by atoms with E-state index < -0.39 is 0 Å². The number of anilines is 1. The van der Waals surface area contributed by atoms with Crippen LogP contribution >= 0.6 is 11.8 Å². The number of fused-ring (bicyclic) bond motifs is 1. The molecular formula is C18H20N4OS. The molecule has 0 aliphatic heterocycles. The van der Waals surface area contributed by atoms with Gasteiger partial charge in [0.1, 0.15) is 0 Å². The molecule has 3 aromatic rings. The number of hydrogen-bond acceptors (Lipinski definition) is 4. The van der Waals surface area contributed by atoms with Crippen LogP contribution in [0.1, 0.15) is 29.9 Å². The van der Waals surface area contributed by atoms with Crippen LogP contribution in [-0.4, -0.2) is 25.9 Å². The van der Waals surface area contributed by atoms with E-state index in [0.29, 0.717) is 16.5 Å². The van der Waals surface area contributed by atoms with Crippen LogP contribution in [0.2, 0.25) is 0 Å². The van der Waals surface area contributed by atoms with Crippen LogP contribution < -0.4 is 5.32 Å². The maximum absolute atomic E-state index is 12.7. The fourth-order valence-electron chi connectivity index (χ4n) is 2.59. The third kappa shape index (κ3) is 3.28. The van der Waals surface area contributed by atoms with Crippen LogP contribution in [0.5, 0.6) is 0 Å². The summed E-state index contributed by atoms with van der Waals surface area (Å²) in [5.41, 5.74) is 3.06. The van der Waals surface area contributed by atoms with Gasteiger partial charge < -0.3 is 5.32 Å². The number of nitrogens with one attached hydrogen (secondary N) is 1. The molecule has 124 valence electrons. The Balaban J connectivity index is 1.89. The van der Waals surface area contributed by atoms with Gasteiger partial charge in [0.15, 0.2) is 5.65 Å². The highest BCUT2D eigenvalue weighted by Gasteiger charge is 2.14. The Hall–Kier alpha value is -2.34. The standard InChI is InChI=1S/C18H20N4OS/c1-11(2)24-16-8-6-5-7-14(16)18(23)20-13-9-15-12(3)21-22(4)17(15)19-10-13/h5-11H,1-4H3,(H,20,23). The molecule has 24 heavy (non-hydrogen) atoms. The van der Waals surface area contributed by atoms with Crippen LogP contribution in [0.4, 0.5) is 5.69 Å². The second-order valence-electron chi connectivity index (χ2n) is 5.92. The monoisotopic (exact) mass is 340 g/mol. The molecule has 0 atom stereocenters. The number of aromatic nitrogens is 3. The first kappa shape index (κ1) is 16.5. The summed E-state index contributed by atoms with van der Waals surface area (Å²) in [5.74, 6) is -0.124. The van der Waals surface area contributed by atoms with Crippen molar-refractivity contribution in [1.82, 2.24) is 14.8 Å². The summed E-state index contributed by atoms with van der Waals surface area (Å²) in [5, 5.41) is 8.66. The summed E-state index contributed by atoms with van der Waals surface area (Å²) in [6.07, 6.45) is 1.67. The fourth-order valence-corrected chi connectivity index (χ4v) is 3.54. The van der Waals surface area contributed by atoms with Crippen molar-refractivity contribution in [1.29, 1.82) is 0 Å². The summed E-state index contributed by atoms with van der Waals surface area (Å²) >= 11 is 1.68. The maximum atomic E-state index is 12.7. The van der Waals surface area contributed by atoms with E-state index in [-0.39, 0.29) is 5.91 Å². The number of aryl methyl sites for hydroxylation is 2. The number of hydrogen-bond donors (Lipinski definition) is 1. The number of rotatable bonds is 4. The van der Waals surface area contributed by atoms with Gasteiger partial charge in [-0.1, -0.05) is 26.0 Å². The lowest BCUT2D eigenvalue weighted by molar-refractivity contribution is 0.102. The SMILES string of the molecule is Cc1nn(C)c2ncc(NC(=O)c3ccccc3SC(C)C)cc12. The van der Waals surface area contributed by atoms with Crippen molar-refractivity contribution >= 4 is 34.4 Å². The largest absolute Gasteiger partial charge is 0.321 e. The van der Waals surface area contributed by atoms with Gasteiger partial charge in [-0.3, -0.25) is 9.48 Å². The average Bonchev–Trinajstić information content (AvgIpc) is 2.81. The molecule has 0 fully saturated rings. The molecule has 6 heteroatoms. The van der Waals surface area contributed by atoms with Crippen molar-refractivity contribution in [3.63, 3.8) is 0 Å². The highest BCUT2D eigenvalue weighted by molar-refractivity contribution is 8.00. The van der Waals surface area contributed by atoms with E-state index in [1.54, 1.807) is 22.6 Å². The zero-order valence-corrected chi connectivity index (χ0v) is 15.0. The predicted molar refractivity (Wildman–Crippen MR) is 98.6 cm³/mol. The van der Waals surface area contributed by atoms with Crippen LogP contribution in [0.15, 0.2) is 41.4 Å². The van der Waals surface area contributed by atoms with Gasteiger partial charge in [-0.15, -0.1) is 11.8 Å². The van der Waals surface area contributed by atoms with E-state index >= 15 is 0 Å². The first-order valence-electron chi connectivity index (χ1n) is 7.82. The topological polar surface area (TPSA) is 59.8 Å². The molecule has 2 heterocycles. The van der Waals surface area contributed by atoms with Crippen molar-refractivity contribution in [3.8, 4) is 0 Å². The molecular weight excluding hydrogens is 320 g/mol. The number of amides is 1. The number of nitrogens with zero attached hydrogens (tertiary/aromatic N) is 3. The zero-order chi connectivity index (χ0) is 17.3. The second-order valence-corrected chi connectivity index (χ2v) is 7.54. The highest BCUT2D eigenvalue weighted by Crippen LogP contribution is 2.27. The molecule has 3 rings (SSSR count). The smallest absolute Gasteiger partial charge is 0.256 e. The van der Waals surface area contributed by atoms with Crippen LogP contribution in [0, 0.1) is 6.92 Å². The zero-order valence-electron chi connectivity index (χ0n) is 14.2. The van der Waals surface area contributed by atoms with E-state index in [1.807, 2.05) is 44.3 Å². The van der Waals surface area contributed by atoms with E-state index in [0.717, 1.165) is 21.6 Å². The molecule has 0 unspecified atom stereocenters. The molecule has 0 saturated heterocycles. The normalized spacial score (nSPS) is 11.2. The lowest BCUT2D eigenvalue weighted by atomic mass is 10.2. The van der Waals surface area contributed by atoms with E-state index in [9.17, 15) is 4.79 Å². The van der Waals surface area contributed by atoms with Gasteiger partial charge >= 0.3 is 0 Å². The summed E-state index contributed by atoms with van der Waals surface area (Å²) in [6.45, 7) is 6.16. The third-order valence-electron chi connectivity index (χ3n) is 3.62. The maximum Gasteiger partial charge on any atom is 0.256 e. The van der Waals surface area contributed by atoms with Crippen LogP contribution in [0.3, 0.4) is 0 Å². The molecule has 1 amide bonds. The van der Waals surface area contributed by atoms with E-state index in [1.165, 1.54) is 0 Å². The van der Waals surface area contributed by atoms with Gasteiger partial charge in [-0.25, -0.2) is 4.98 Å². The van der Waals surface area contributed by atoms with Crippen molar-refractivity contribution in [2.75, 3.05) is 5.32 Å². The minimum absolute atomic E-state index is 0.124. The van der Waals surface area contributed by atoms with Gasteiger partial charge in [0.05, 0.1) is 23.1 Å². The lowest BCUT2D eigenvalue weighted by Gasteiger charge is -2.11. The van der Waals surface area contributed by atoms with Crippen molar-refractivity contribution in [2.45, 2.75) is 30.9 Å². The Morgan fingerprint density at radius 1 is 1.29 bits per heavy atom. The Bertz CT molecular complexity index is 901. The van der Waals surface area contributed by atoms with E-state index in [2.05, 4.69) is 29.2 Å². The van der Waals surface area contributed by atoms with Gasteiger partial charge in [0, 0.05) is 22.6 Å². The molecule has 0 aliphatic carbocycles. The van der Waals surface area contributed by atoms with Gasteiger partial charge in [-0.2, -0.15) is 5.10 Å². The molecule has 1 N–H and O–H groups in total. The molecule has 1 aromatic carbocycles. The second kappa shape index (κ2) is 6.65. The van der Waals surface area contributed by atoms with Crippen LogP contribution in [0.25, 0.3) is 11.0 Å². The predicted octanol–water partition coefficient (Wildman–Crippen LogP) is 4.03. The first-order valence-corrected chi connectivity index (χ1v) is 8.70. The molecule has 5 nitrogen and oxygen atoms in total. The summed E-state index contributed by atoms with van der Waals surface area (Å²) in [7, 11) is 1.86. The number of pyridine rings is 1. The molecule has 2 aromatic heterocycles. The fraction of sp³-hybridized carbons (Fsp3) is 0.278. The van der Waals surface area contributed by atoms with Crippen LogP contribution in [-0.2, 0) is 7.05 Å². The van der Waals surface area contributed by atoms with Crippen molar-refractivity contribution < 1.29 is 4.79 Å². The van der Waals surface area contributed by atoms with Crippen molar-refractivity contribution in [3.05, 3.63) is 47.8 Å². The molecule has 0 bridgehead atoms. The van der Waals surface area contributed by atoms with E-state index in [4.69, 9.17) is 0 Å². The number of carbonyl (C=O) groups excluding carboxylic acids is 1. The summed E-state index contributed by atoms with van der Waals surface area (Å²) in [4.78, 5) is 18.1. The molecule has 0 saturated carbocycles. The number of benzene rings is 1. The minimum Gasteiger partial charge on any atom is -0.321 e. The summed E-state index contributed by atoms with van der Waals surface area (Å²) < 4.78 is 1.74. The molecule has 0 radical (unpaired) electrons. The third-order valence-corrected chi connectivity index (χ3v) is 4.70. The Kier molecular flexibility index (Phi) is 4.57. The van der Waals surface area contributed by atoms with Crippen molar-refractivity contribution in [2.24, 2.45) is 7.05 Å². The van der Waals surface area contributed by atoms with Gasteiger partial charge in [0.2, 0.25) is 0 Å². The number of thioether (sulfide) groups is 1. The van der Waals surface area contributed by atoms with Gasteiger partial charge in [-0.05, 0) is 25.1 Å². The van der Waals surface area contributed by atoms with Gasteiger partial charge in [0.25, 0.3) is 5.91 Å². The first-order chi connectivity index (χ1) is 11.5. The average molecular weight is 340 g/mol. The molecule has 0 aliphatic rings. The Morgan fingerprint density at radius 2 is 2.04 bits per heavy atom. The minimum atomic E-state index is -0.124. The number of carbonyl (C=O) groups is 1. The lowest BCUT2D eigenvalue weighted by Crippen LogP contribution is -2.13. The Morgan fingerprint density at radius 3 is 2.79 bits per heavy atom. The molecule has 0 spiro atoms. The highest BCUT2D eigenvalue weighted by atomic mass is 32.2. The summed E-state index contributed by atoms with van der Waals surface area (Å²) in [6, 6.07) is 9.58. The Labute approximate surface area is 145 Å². The quantitative estimate of drug-likeness (QED) is 0.729.